The van der Waals surface area contributed by atoms with Gasteiger partial charge >= 0.3 is 0 Å². The van der Waals surface area contributed by atoms with Gasteiger partial charge in [-0.3, -0.25) is 0 Å². The van der Waals surface area contributed by atoms with Crippen LogP contribution in [-0.4, -0.2) is 27.2 Å². The van der Waals surface area contributed by atoms with Gasteiger partial charge in [-0.15, -0.1) is 6.58 Å². The third kappa shape index (κ3) is 3.15. The molecule has 124 valence electrons. The molecular formula is C18H24ClN3O. The van der Waals surface area contributed by atoms with Gasteiger partial charge in [-0.05, 0) is 51.0 Å². The SMILES string of the molecule is C=C[C@@H]1C[C@@H](CC(C)(C)OC)[C@H](n2ccc3c(Cl)ncnc32)C1. The number of nitrogens with zero attached hydrogens (tertiary/aromatic N) is 3. The maximum atomic E-state index is 6.20. The monoisotopic (exact) mass is 333 g/mol. The molecule has 0 bridgehead atoms. The van der Waals surface area contributed by atoms with Gasteiger partial charge in [0.2, 0.25) is 0 Å². The molecule has 0 aromatic carbocycles. The molecule has 1 fully saturated rings. The molecule has 3 atom stereocenters. The summed E-state index contributed by atoms with van der Waals surface area (Å²) in [6.07, 6.45) is 8.94. The Morgan fingerprint density at radius 1 is 1.43 bits per heavy atom. The van der Waals surface area contributed by atoms with Crippen LogP contribution in [0.5, 0.6) is 0 Å². The molecule has 0 aliphatic heterocycles. The lowest BCUT2D eigenvalue weighted by atomic mass is 9.89. The number of rotatable bonds is 5. The van der Waals surface area contributed by atoms with Crippen molar-refractivity contribution in [2.45, 2.75) is 44.8 Å². The zero-order valence-electron chi connectivity index (χ0n) is 14.0. The van der Waals surface area contributed by atoms with E-state index < -0.39 is 0 Å². The fraction of sp³-hybridized carbons (Fsp3) is 0.556. The number of hydrogen-bond acceptors (Lipinski definition) is 3. The van der Waals surface area contributed by atoms with E-state index in [1.54, 1.807) is 7.11 Å². The highest BCUT2D eigenvalue weighted by atomic mass is 35.5. The molecule has 4 nitrogen and oxygen atoms in total. The Bertz CT molecular complexity index is 709. The van der Waals surface area contributed by atoms with Crippen molar-refractivity contribution in [3.05, 3.63) is 36.4 Å². The van der Waals surface area contributed by atoms with Crippen molar-refractivity contribution in [3.63, 3.8) is 0 Å². The number of halogens is 1. The minimum Gasteiger partial charge on any atom is -0.379 e. The van der Waals surface area contributed by atoms with Gasteiger partial charge in [0.05, 0.1) is 11.0 Å². The number of allylic oxidation sites excluding steroid dienone is 1. The Balaban J connectivity index is 1.97. The number of fused-ring (bicyclic) bond motifs is 1. The van der Waals surface area contributed by atoms with Gasteiger partial charge in [0, 0.05) is 19.3 Å². The highest BCUT2D eigenvalue weighted by Crippen LogP contribution is 2.45. The minimum atomic E-state index is -0.130. The van der Waals surface area contributed by atoms with Crippen LogP contribution in [-0.2, 0) is 4.74 Å². The van der Waals surface area contributed by atoms with Crippen LogP contribution in [0.2, 0.25) is 5.15 Å². The van der Waals surface area contributed by atoms with Gasteiger partial charge in [-0.1, -0.05) is 17.7 Å². The van der Waals surface area contributed by atoms with Crippen molar-refractivity contribution in [1.29, 1.82) is 0 Å². The van der Waals surface area contributed by atoms with E-state index >= 15 is 0 Å². The van der Waals surface area contributed by atoms with E-state index in [0.29, 0.717) is 23.0 Å². The van der Waals surface area contributed by atoms with Crippen LogP contribution in [0.15, 0.2) is 31.2 Å². The quantitative estimate of drug-likeness (QED) is 0.590. The molecular weight excluding hydrogens is 310 g/mol. The van der Waals surface area contributed by atoms with Crippen LogP contribution in [0, 0.1) is 11.8 Å². The van der Waals surface area contributed by atoms with Crippen molar-refractivity contribution in [2.75, 3.05) is 7.11 Å². The molecule has 23 heavy (non-hydrogen) atoms. The second kappa shape index (κ2) is 6.25. The molecule has 2 aromatic rings. The van der Waals surface area contributed by atoms with E-state index in [1.807, 2.05) is 6.07 Å². The van der Waals surface area contributed by atoms with Crippen LogP contribution >= 0.6 is 11.6 Å². The predicted octanol–water partition coefficient (Wildman–Crippen LogP) is 4.65. The molecule has 1 saturated carbocycles. The average Bonchev–Trinajstić information content (AvgIpc) is 3.11. The van der Waals surface area contributed by atoms with E-state index in [0.717, 1.165) is 30.3 Å². The van der Waals surface area contributed by atoms with Crippen LogP contribution in [0.1, 0.15) is 39.2 Å². The Labute approximate surface area is 142 Å². The number of ether oxygens (including phenoxy) is 1. The Morgan fingerprint density at radius 3 is 2.91 bits per heavy atom. The van der Waals surface area contributed by atoms with Gasteiger partial charge in [0.25, 0.3) is 0 Å². The minimum absolute atomic E-state index is 0.130. The van der Waals surface area contributed by atoms with E-state index in [9.17, 15) is 0 Å². The molecule has 0 amide bonds. The molecule has 0 spiro atoms. The fourth-order valence-corrected chi connectivity index (χ4v) is 4.01. The van der Waals surface area contributed by atoms with Crippen LogP contribution < -0.4 is 0 Å². The maximum Gasteiger partial charge on any atom is 0.145 e. The summed E-state index contributed by atoms with van der Waals surface area (Å²) >= 11 is 6.20. The molecule has 0 N–H and O–H groups in total. The molecule has 2 heterocycles. The van der Waals surface area contributed by atoms with Gasteiger partial charge in [0.1, 0.15) is 17.1 Å². The van der Waals surface area contributed by atoms with Crippen molar-refractivity contribution in [1.82, 2.24) is 14.5 Å². The molecule has 0 saturated heterocycles. The van der Waals surface area contributed by atoms with Crippen molar-refractivity contribution in [3.8, 4) is 0 Å². The highest BCUT2D eigenvalue weighted by Gasteiger charge is 2.38. The van der Waals surface area contributed by atoms with Crippen LogP contribution in [0.25, 0.3) is 11.0 Å². The first-order valence-corrected chi connectivity index (χ1v) is 8.47. The summed E-state index contributed by atoms with van der Waals surface area (Å²) < 4.78 is 7.93. The lowest BCUT2D eigenvalue weighted by Gasteiger charge is -2.30. The first kappa shape index (κ1) is 16.5. The average molecular weight is 334 g/mol. The summed E-state index contributed by atoms with van der Waals surface area (Å²) in [5.74, 6) is 1.06. The first-order valence-electron chi connectivity index (χ1n) is 8.10. The first-order chi connectivity index (χ1) is 10.9. The number of aromatic nitrogens is 3. The second-order valence-corrected chi connectivity index (χ2v) is 7.45. The van der Waals surface area contributed by atoms with Gasteiger partial charge in [-0.25, -0.2) is 9.97 Å². The molecule has 2 aromatic heterocycles. The van der Waals surface area contributed by atoms with E-state index in [1.165, 1.54) is 6.33 Å². The largest absolute Gasteiger partial charge is 0.379 e. The molecule has 3 rings (SSSR count). The normalized spacial score (nSPS) is 25.1. The second-order valence-electron chi connectivity index (χ2n) is 7.09. The Morgan fingerprint density at radius 2 is 2.22 bits per heavy atom. The molecule has 5 heteroatoms. The highest BCUT2D eigenvalue weighted by molar-refractivity contribution is 6.33. The third-order valence-corrected chi connectivity index (χ3v) is 5.45. The van der Waals surface area contributed by atoms with Crippen LogP contribution in [0.3, 0.4) is 0 Å². The van der Waals surface area contributed by atoms with E-state index in [4.69, 9.17) is 16.3 Å². The number of hydrogen-bond donors (Lipinski definition) is 0. The lowest BCUT2D eigenvalue weighted by molar-refractivity contribution is -0.00185. The third-order valence-electron chi connectivity index (χ3n) is 5.15. The molecule has 0 radical (unpaired) electrons. The lowest BCUT2D eigenvalue weighted by Crippen LogP contribution is -2.28. The maximum absolute atomic E-state index is 6.20. The summed E-state index contributed by atoms with van der Waals surface area (Å²) in [4.78, 5) is 8.53. The van der Waals surface area contributed by atoms with Gasteiger partial charge < -0.3 is 9.30 Å². The summed E-state index contributed by atoms with van der Waals surface area (Å²) in [7, 11) is 1.78. The van der Waals surface area contributed by atoms with Crippen molar-refractivity contribution < 1.29 is 4.74 Å². The van der Waals surface area contributed by atoms with Crippen molar-refractivity contribution >= 4 is 22.6 Å². The number of methoxy groups -OCH3 is 1. The Hall–Kier alpha value is -1.39. The molecule has 0 unspecified atom stereocenters. The zero-order valence-corrected chi connectivity index (χ0v) is 14.8. The molecule has 1 aliphatic carbocycles. The van der Waals surface area contributed by atoms with Gasteiger partial charge in [0.15, 0.2) is 0 Å². The summed E-state index contributed by atoms with van der Waals surface area (Å²) in [5.41, 5.74) is 0.786. The fourth-order valence-electron chi connectivity index (χ4n) is 3.82. The molecule has 1 aliphatic rings. The predicted molar refractivity (Wildman–Crippen MR) is 93.7 cm³/mol. The van der Waals surface area contributed by atoms with E-state index in [-0.39, 0.29) is 5.60 Å². The Kier molecular flexibility index (Phi) is 4.47. The smallest absolute Gasteiger partial charge is 0.145 e. The summed E-state index contributed by atoms with van der Waals surface area (Å²) in [6, 6.07) is 2.40. The topological polar surface area (TPSA) is 39.9 Å². The summed E-state index contributed by atoms with van der Waals surface area (Å²) in [6.45, 7) is 8.30. The standard InChI is InChI=1S/C18H24ClN3O/c1-5-12-8-13(10-18(2,3)23-4)15(9-12)22-7-6-14-16(19)20-11-21-17(14)22/h5-7,11-13,15H,1,8-10H2,2-4H3/t12-,13+,15-/m1/s1. The van der Waals surface area contributed by atoms with E-state index in [2.05, 4.69) is 47.2 Å². The van der Waals surface area contributed by atoms with Crippen LogP contribution in [0.4, 0.5) is 0 Å². The zero-order chi connectivity index (χ0) is 16.6. The van der Waals surface area contributed by atoms with Gasteiger partial charge in [-0.2, -0.15) is 0 Å². The van der Waals surface area contributed by atoms with Crippen molar-refractivity contribution in [2.24, 2.45) is 11.8 Å². The summed E-state index contributed by atoms with van der Waals surface area (Å²) in [5, 5.41) is 1.43.